The molecule has 120 valence electrons. The maximum absolute atomic E-state index is 13.7. The third kappa shape index (κ3) is 4.66. The van der Waals surface area contributed by atoms with E-state index < -0.39 is 5.82 Å². The van der Waals surface area contributed by atoms with Crippen molar-refractivity contribution in [2.75, 3.05) is 7.11 Å². The maximum atomic E-state index is 13.7. The molecule has 4 nitrogen and oxygen atoms in total. The van der Waals surface area contributed by atoms with Gasteiger partial charge in [-0.1, -0.05) is 19.3 Å². The van der Waals surface area contributed by atoms with E-state index in [9.17, 15) is 4.39 Å². The van der Waals surface area contributed by atoms with E-state index in [1.807, 2.05) is 0 Å². The van der Waals surface area contributed by atoms with E-state index in [4.69, 9.17) is 17.0 Å². The van der Waals surface area contributed by atoms with Gasteiger partial charge in [0.05, 0.1) is 12.8 Å². The van der Waals surface area contributed by atoms with Crippen LogP contribution in [0.3, 0.4) is 0 Å². The molecule has 0 saturated heterocycles. The van der Waals surface area contributed by atoms with Gasteiger partial charge in [-0.25, -0.2) is 4.39 Å². The van der Waals surface area contributed by atoms with E-state index in [1.54, 1.807) is 19.1 Å². The van der Waals surface area contributed by atoms with Crippen LogP contribution in [0.1, 0.15) is 44.6 Å². The second kappa shape index (κ2) is 8.08. The molecule has 0 aromatic heterocycles. The Labute approximate surface area is 136 Å². The standard InChI is InChI=1S/C16H22FN3OS/c1-11(12-8-9-15(21-2)14(17)10-12)19-20-16(22)18-13-6-4-3-5-7-13/h8-10,13H,3-7H2,1-2H3,(H2,18,20,22)/b19-11-. The first kappa shape index (κ1) is 16.7. The summed E-state index contributed by atoms with van der Waals surface area (Å²) in [6, 6.07) is 5.18. The molecule has 6 heteroatoms. The number of halogens is 1. The lowest BCUT2D eigenvalue weighted by Crippen LogP contribution is -2.41. The number of rotatable bonds is 4. The number of hydrazone groups is 1. The van der Waals surface area contributed by atoms with E-state index in [1.165, 1.54) is 32.4 Å². The molecule has 2 N–H and O–H groups in total. The fourth-order valence-corrected chi connectivity index (χ4v) is 2.77. The average Bonchev–Trinajstić information content (AvgIpc) is 2.53. The van der Waals surface area contributed by atoms with Crippen LogP contribution in [0.25, 0.3) is 0 Å². The Morgan fingerprint density at radius 1 is 1.32 bits per heavy atom. The summed E-state index contributed by atoms with van der Waals surface area (Å²) in [5.41, 5.74) is 4.18. The van der Waals surface area contributed by atoms with E-state index in [2.05, 4.69) is 15.8 Å². The molecule has 2 rings (SSSR count). The van der Waals surface area contributed by atoms with Crippen LogP contribution >= 0.6 is 12.2 Å². The molecule has 1 aliphatic rings. The summed E-state index contributed by atoms with van der Waals surface area (Å²) in [6.45, 7) is 1.80. The molecule has 1 aromatic rings. The monoisotopic (exact) mass is 323 g/mol. The van der Waals surface area contributed by atoms with Gasteiger partial charge in [-0.15, -0.1) is 0 Å². The predicted octanol–water partition coefficient (Wildman–Crippen LogP) is 3.36. The molecule has 22 heavy (non-hydrogen) atoms. The SMILES string of the molecule is COc1ccc(/C(C)=N\NC(=S)NC2CCCCC2)cc1F. The molecular weight excluding hydrogens is 301 g/mol. The second-order valence-corrected chi connectivity index (χ2v) is 5.87. The van der Waals surface area contributed by atoms with E-state index in [0.717, 1.165) is 12.8 Å². The zero-order chi connectivity index (χ0) is 15.9. The highest BCUT2D eigenvalue weighted by Gasteiger charge is 2.13. The first-order valence-corrected chi connectivity index (χ1v) is 7.95. The molecule has 1 aliphatic carbocycles. The minimum Gasteiger partial charge on any atom is -0.494 e. The second-order valence-electron chi connectivity index (χ2n) is 5.47. The summed E-state index contributed by atoms with van der Waals surface area (Å²) >= 11 is 5.25. The zero-order valence-corrected chi connectivity index (χ0v) is 13.8. The van der Waals surface area contributed by atoms with Crippen molar-refractivity contribution in [3.05, 3.63) is 29.6 Å². The minimum absolute atomic E-state index is 0.221. The van der Waals surface area contributed by atoms with Crippen molar-refractivity contribution in [3.63, 3.8) is 0 Å². The van der Waals surface area contributed by atoms with Gasteiger partial charge in [0.15, 0.2) is 16.7 Å². The number of benzene rings is 1. The van der Waals surface area contributed by atoms with Gasteiger partial charge in [0.2, 0.25) is 0 Å². The Morgan fingerprint density at radius 2 is 2.05 bits per heavy atom. The van der Waals surface area contributed by atoms with Gasteiger partial charge < -0.3 is 10.1 Å². The fraction of sp³-hybridized carbons (Fsp3) is 0.500. The molecule has 0 spiro atoms. The highest BCUT2D eigenvalue weighted by Crippen LogP contribution is 2.18. The summed E-state index contributed by atoms with van der Waals surface area (Å²) in [5.74, 6) is -0.184. The van der Waals surface area contributed by atoms with Crippen LogP contribution in [0.5, 0.6) is 5.75 Å². The largest absolute Gasteiger partial charge is 0.494 e. The molecule has 0 amide bonds. The van der Waals surface area contributed by atoms with Crippen LogP contribution in [-0.2, 0) is 0 Å². The summed E-state index contributed by atoms with van der Waals surface area (Å²) in [7, 11) is 1.44. The van der Waals surface area contributed by atoms with Gasteiger partial charge in [-0.2, -0.15) is 5.10 Å². The Bertz CT molecular complexity index is 556. The maximum Gasteiger partial charge on any atom is 0.187 e. The Balaban J connectivity index is 1.91. The first-order valence-electron chi connectivity index (χ1n) is 7.55. The van der Waals surface area contributed by atoms with Gasteiger partial charge in [-0.05, 0) is 50.2 Å². The Kier molecular flexibility index (Phi) is 6.12. The molecule has 0 atom stereocenters. The van der Waals surface area contributed by atoms with Crippen molar-refractivity contribution in [1.82, 2.24) is 10.7 Å². The third-order valence-electron chi connectivity index (χ3n) is 3.84. The average molecular weight is 323 g/mol. The van der Waals surface area contributed by atoms with Crippen molar-refractivity contribution in [2.24, 2.45) is 5.10 Å². The van der Waals surface area contributed by atoms with Crippen LogP contribution in [0.4, 0.5) is 4.39 Å². The van der Waals surface area contributed by atoms with Crippen LogP contribution < -0.4 is 15.5 Å². The van der Waals surface area contributed by atoms with Crippen LogP contribution in [0.2, 0.25) is 0 Å². The smallest absolute Gasteiger partial charge is 0.187 e. The number of ether oxygens (including phenoxy) is 1. The molecule has 0 aliphatic heterocycles. The molecule has 0 radical (unpaired) electrons. The molecule has 1 aromatic carbocycles. The van der Waals surface area contributed by atoms with Gasteiger partial charge in [-0.3, -0.25) is 5.43 Å². The summed E-state index contributed by atoms with van der Waals surface area (Å²) < 4.78 is 18.6. The minimum atomic E-state index is -0.405. The molecule has 1 saturated carbocycles. The Morgan fingerprint density at radius 3 is 2.68 bits per heavy atom. The number of hydrogen-bond acceptors (Lipinski definition) is 3. The van der Waals surface area contributed by atoms with Crippen molar-refractivity contribution in [2.45, 2.75) is 45.1 Å². The van der Waals surface area contributed by atoms with E-state index in [0.29, 0.717) is 22.4 Å². The molecular formula is C16H22FN3OS. The Hall–Kier alpha value is -1.69. The lowest BCUT2D eigenvalue weighted by atomic mass is 9.96. The lowest BCUT2D eigenvalue weighted by Gasteiger charge is -2.23. The molecule has 0 heterocycles. The zero-order valence-electron chi connectivity index (χ0n) is 13.0. The van der Waals surface area contributed by atoms with Crippen LogP contribution in [-0.4, -0.2) is 24.0 Å². The van der Waals surface area contributed by atoms with Crippen molar-refractivity contribution >= 4 is 23.0 Å². The first-order chi connectivity index (χ1) is 10.6. The van der Waals surface area contributed by atoms with Crippen molar-refractivity contribution in [1.29, 1.82) is 0 Å². The predicted molar refractivity (Wildman–Crippen MR) is 90.9 cm³/mol. The highest BCUT2D eigenvalue weighted by atomic mass is 32.1. The molecule has 1 fully saturated rings. The number of hydrogen-bond donors (Lipinski definition) is 2. The summed E-state index contributed by atoms with van der Waals surface area (Å²) in [5, 5.41) is 8.00. The van der Waals surface area contributed by atoms with Gasteiger partial charge in [0.1, 0.15) is 0 Å². The van der Waals surface area contributed by atoms with Gasteiger partial charge >= 0.3 is 0 Å². The number of nitrogens with zero attached hydrogens (tertiary/aromatic N) is 1. The topological polar surface area (TPSA) is 45.6 Å². The van der Waals surface area contributed by atoms with E-state index >= 15 is 0 Å². The van der Waals surface area contributed by atoms with Crippen molar-refractivity contribution in [3.8, 4) is 5.75 Å². The third-order valence-corrected chi connectivity index (χ3v) is 4.04. The van der Waals surface area contributed by atoms with Gasteiger partial charge in [0, 0.05) is 11.6 Å². The highest BCUT2D eigenvalue weighted by molar-refractivity contribution is 7.80. The summed E-state index contributed by atoms with van der Waals surface area (Å²) in [4.78, 5) is 0. The molecule has 0 bridgehead atoms. The van der Waals surface area contributed by atoms with Gasteiger partial charge in [0.25, 0.3) is 0 Å². The quantitative estimate of drug-likeness (QED) is 0.507. The van der Waals surface area contributed by atoms with Crippen molar-refractivity contribution < 1.29 is 9.13 Å². The van der Waals surface area contributed by atoms with Crippen LogP contribution in [0.15, 0.2) is 23.3 Å². The lowest BCUT2D eigenvalue weighted by molar-refractivity contribution is 0.386. The number of methoxy groups -OCH3 is 1. The normalized spacial score (nSPS) is 16.2. The van der Waals surface area contributed by atoms with E-state index in [-0.39, 0.29) is 5.75 Å². The number of thiocarbonyl (C=S) groups is 1. The molecule has 0 unspecified atom stereocenters. The van der Waals surface area contributed by atoms with Crippen LogP contribution in [0, 0.1) is 5.82 Å². The number of nitrogens with one attached hydrogen (secondary N) is 2. The summed E-state index contributed by atoms with van der Waals surface area (Å²) in [6.07, 6.45) is 6.09. The fourth-order valence-electron chi connectivity index (χ4n) is 2.56.